The summed E-state index contributed by atoms with van der Waals surface area (Å²) in [6, 6.07) is 9.94. The normalized spacial score (nSPS) is 14.5. The number of hydrogen-bond acceptors (Lipinski definition) is 6. The molecule has 1 saturated carbocycles. The maximum absolute atomic E-state index is 13.1. The van der Waals surface area contributed by atoms with Crippen molar-refractivity contribution in [2.75, 3.05) is 17.3 Å². The average Bonchev–Trinajstić information content (AvgIpc) is 3.25. The predicted molar refractivity (Wildman–Crippen MR) is 151 cm³/mol. The lowest BCUT2D eigenvalue weighted by atomic mass is 9.88. The van der Waals surface area contributed by atoms with Crippen LogP contribution >= 0.6 is 0 Å². The molecule has 2 amide bonds. The number of halogens is 3. The number of esters is 1. The lowest BCUT2D eigenvalue weighted by Crippen LogP contribution is -2.33. The van der Waals surface area contributed by atoms with Gasteiger partial charge in [0.05, 0.1) is 17.5 Å². The van der Waals surface area contributed by atoms with E-state index in [1.54, 1.807) is 55.5 Å². The molecule has 0 bridgehead atoms. The predicted octanol–water partition coefficient (Wildman–Crippen LogP) is 6.46. The first-order valence-electron chi connectivity index (χ1n) is 13.9. The molecule has 1 aliphatic carbocycles. The molecule has 0 spiro atoms. The number of imidazole rings is 1. The number of benzene rings is 2. The molecule has 0 unspecified atom stereocenters. The van der Waals surface area contributed by atoms with Crippen molar-refractivity contribution in [1.82, 2.24) is 9.55 Å². The van der Waals surface area contributed by atoms with Crippen LogP contribution in [0, 0.1) is 5.92 Å². The van der Waals surface area contributed by atoms with E-state index < -0.39 is 29.6 Å². The third-order valence-corrected chi connectivity index (χ3v) is 6.92. The minimum absolute atomic E-state index is 0.0255. The topological polar surface area (TPSA) is 103 Å². The number of amides is 2. The fraction of sp³-hybridized carbons (Fsp3) is 0.467. The Balaban J connectivity index is 1.63. The summed E-state index contributed by atoms with van der Waals surface area (Å²) >= 11 is 0. The number of nitrogens with zero attached hydrogens (tertiary/aromatic N) is 3. The van der Waals surface area contributed by atoms with E-state index in [2.05, 4.69) is 15.0 Å². The van der Waals surface area contributed by atoms with Crippen LogP contribution in [0.4, 0.5) is 24.8 Å². The Kier molecular flexibility index (Phi) is 9.12. The molecule has 12 heteroatoms. The molecule has 1 aliphatic rings. The fourth-order valence-corrected chi connectivity index (χ4v) is 5.00. The van der Waals surface area contributed by atoms with Crippen molar-refractivity contribution in [2.24, 2.45) is 5.92 Å². The number of hydrogen-bond donors (Lipinski definition) is 1. The zero-order chi connectivity index (χ0) is 30.7. The second kappa shape index (κ2) is 12.4. The number of ether oxygens (including phenoxy) is 2. The minimum Gasteiger partial charge on any atom is -0.460 e. The van der Waals surface area contributed by atoms with Crippen molar-refractivity contribution in [1.29, 1.82) is 0 Å². The third-order valence-electron chi connectivity index (χ3n) is 6.92. The van der Waals surface area contributed by atoms with Gasteiger partial charge in [-0.3, -0.25) is 19.7 Å². The molecular weight excluding hydrogens is 553 g/mol. The van der Waals surface area contributed by atoms with Crippen LogP contribution in [0.15, 0.2) is 42.5 Å². The van der Waals surface area contributed by atoms with Gasteiger partial charge in [0.25, 0.3) is 5.91 Å². The minimum atomic E-state index is -4.91. The van der Waals surface area contributed by atoms with Crippen LogP contribution in [-0.4, -0.2) is 46.3 Å². The Bertz CT molecular complexity index is 1460. The van der Waals surface area contributed by atoms with Gasteiger partial charge in [-0.15, -0.1) is 13.2 Å². The van der Waals surface area contributed by atoms with E-state index in [0.717, 1.165) is 44.2 Å². The number of aryl methyl sites for hydroxylation is 1. The quantitative estimate of drug-likeness (QED) is 0.303. The smallest absolute Gasteiger partial charge is 0.460 e. The number of aromatic nitrogens is 2. The molecule has 226 valence electrons. The second-order valence-electron chi connectivity index (χ2n) is 11.4. The molecule has 1 heterocycles. The van der Waals surface area contributed by atoms with Gasteiger partial charge in [0.15, 0.2) is 0 Å². The van der Waals surface area contributed by atoms with Crippen LogP contribution < -0.4 is 15.0 Å². The molecule has 2 aromatic carbocycles. The first-order valence-corrected chi connectivity index (χ1v) is 13.9. The lowest BCUT2D eigenvalue weighted by Gasteiger charge is -2.26. The van der Waals surface area contributed by atoms with Crippen LogP contribution in [0.1, 0.15) is 69.7 Å². The highest BCUT2D eigenvalue weighted by molar-refractivity contribution is 6.04. The van der Waals surface area contributed by atoms with Gasteiger partial charge >= 0.3 is 12.3 Å². The van der Waals surface area contributed by atoms with Crippen LogP contribution in [0.25, 0.3) is 11.0 Å². The summed E-state index contributed by atoms with van der Waals surface area (Å²) in [5.74, 6) is -1.62. The molecule has 0 saturated heterocycles. The van der Waals surface area contributed by atoms with Gasteiger partial charge in [-0.1, -0.05) is 25.3 Å². The second-order valence-corrected chi connectivity index (χ2v) is 11.4. The molecule has 9 nitrogen and oxygen atoms in total. The van der Waals surface area contributed by atoms with Crippen molar-refractivity contribution >= 4 is 40.5 Å². The van der Waals surface area contributed by atoms with Crippen molar-refractivity contribution in [2.45, 2.75) is 77.8 Å². The van der Waals surface area contributed by atoms with E-state index >= 15 is 0 Å². The Morgan fingerprint density at radius 3 is 2.43 bits per heavy atom. The van der Waals surface area contributed by atoms with Gasteiger partial charge < -0.3 is 18.9 Å². The molecule has 1 aromatic heterocycles. The molecule has 0 atom stereocenters. The number of nitrogens with one attached hydrogen (secondary N) is 1. The number of fused-ring (bicyclic) bond motifs is 1. The molecule has 0 aliphatic heterocycles. The zero-order valence-electron chi connectivity index (χ0n) is 24.1. The van der Waals surface area contributed by atoms with Gasteiger partial charge in [0.2, 0.25) is 11.9 Å². The number of carbonyl (C=O) groups is 3. The number of anilines is 2. The van der Waals surface area contributed by atoms with Gasteiger partial charge in [-0.05, 0) is 70.0 Å². The van der Waals surface area contributed by atoms with Crippen molar-refractivity contribution < 1.29 is 37.0 Å². The SMILES string of the molecule is CN(C(=O)C1CCCCC1)c1ccc2c(c1)nc(NC(=O)c1cccc(OC(F)(F)F)c1)n2CCC(=O)OC(C)(C)C. The Morgan fingerprint density at radius 2 is 1.76 bits per heavy atom. The maximum Gasteiger partial charge on any atom is 0.573 e. The summed E-state index contributed by atoms with van der Waals surface area (Å²) < 4.78 is 49.0. The summed E-state index contributed by atoms with van der Waals surface area (Å²) in [5.41, 5.74) is 0.916. The fourth-order valence-electron chi connectivity index (χ4n) is 5.00. The van der Waals surface area contributed by atoms with Gasteiger partial charge in [-0.25, -0.2) is 4.98 Å². The summed E-state index contributed by atoms with van der Waals surface area (Å²) in [4.78, 5) is 44.8. The Morgan fingerprint density at radius 1 is 1.05 bits per heavy atom. The summed E-state index contributed by atoms with van der Waals surface area (Å²) in [7, 11) is 1.72. The maximum atomic E-state index is 13.1. The number of carbonyl (C=O) groups excluding carboxylic acids is 3. The highest BCUT2D eigenvalue weighted by atomic mass is 19.4. The van der Waals surface area contributed by atoms with Gasteiger partial charge in [-0.2, -0.15) is 0 Å². The molecule has 3 aromatic rings. The lowest BCUT2D eigenvalue weighted by molar-refractivity contribution is -0.274. The van der Waals surface area contributed by atoms with E-state index in [9.17, 15) is 27.6 Å². The first kappa shape index (κ1) is 30.9. The monoisotopic (exact) mass is 588 g/mol. The standard InChI is InChI=1S/C30H35F3N4O5/c1-29(2,3)42-25(38)15-16-37-24-14-13-21(36(4)27(40)19-9-6-5-7-10-19)18-23(24)34-28(37)35-26(39)20-11-8-12-22(17-20)41-30(31,32)33/h8,11-14,17-19H,5-7,9-10,15-16H2,1-4H3,(H,34,35,39). The largest absolute Gasteiger partial charge is 0.573 e. The van der Waals surface area contributed by atoms with E-state index in [1.165, 1.54) is 12.1 Å². The Hall–Kier alpha value is -4.09. The molecular formula is C30H35F3N4O5. The Labute approximate surface area is 242 Å². The molecule has 42 heavy (non-hydrogen) atoms. The number of rotatable bonds is 8. The van der Waals surface area contributed by atoms with Crippen molar-refractivity contribution in [3.05, 3.63) is 48.0 Å². The number of alkyl halides is 3. The van der Waals surface area contributed by atoms with Crippen LogP contribution in [0.3, 0.4) is 0 Å². The van der Waals surface area contributed by atoms with Gasteiger partial charge in [0, 0.05) is 30.8 Å². The zero-order valence-corrected chi connectivity index (χ0v) is 24.1. The summed E-state index contributed by atoms with van der Waals surface area (Å²) in [6.45, 7) is 5.37. The highest BCUT2D eigenvalue weighted by Crippen LogP contribution is 2.30. The van der Waals surface area contributed by atoms with Gasteiger partial charge in [0.1, 0.15) is 11.4 Å². The van der Waals surface area contributed by atoms with E-state index in [-0.39, 0.29) is 36.3 Å². The van der Waals surface area contributed by atoms with Crippen LogP contribution in [0.2, 0.25) is 0 Å². The first-order chi connectivity index (χ1) is 19.7. The molecule has 1 fully saturated rings. The molecule has 0 radical (unpaired) electrons. The van der Waals surface area contributed by atoms with Crippen LogP contribution in [-0.2, 0) is 20.9 Å². The van der Waals surface area contributed by atoms with Crippen molar-refractivity contribution in [3.63, 3.8) is 0 Å². The van der Waals surface area contributed by atoms with E-state index in [4.69, 9.17) is 4.74 Å². The van der Waals surface area contributed by atoms with Crippen LogP contribution in [0.5, 0.6) is 5.75 Å². The molecule has 1 N–H and O–H groups in total. The third kappa shape index (κ3) is 8.01. The highest BCUT2D eigenvalue weighted by Gasteiger charge is 2.31. The molecule has 4 rings (SSSR count). The summed E-state index contributed by atoms with van der Waals surface area (Å²) in [5, 5.41) is 2.64. The summed E-state index contributed by atoms with van der Waals surface area (Å²) in [6.07, 6.45) is -0.0316. The average molecular weight is 589 g/mol. The van der Waals surface area contributed by atoms with E-state index in [1.807, 2.05) is 0 Å². The van der Waals surface area contributed by atoms with E-state index in [0.29, 0.717) is 16.7 Å². The van der Waals surface area contributed by atoms with Crippen molar-refractivity contribution in [3.8, 4) is 5.75 Å².